The summed E-state index contributed by atoms with van der Waals surface area (Å²) in [5, 5.41) is 19.0. The first-order valence-electron chi connectivity index (χ1n) is 6.98. The van der Waals surface area contributed by atoms with Gasteiger partial charge in [-0.05, 0) is 44.7 Å². The summed E-state index contributed by atoms with van der Waals surface area (Å²) >= 11 is 3.51. The van der Waals surface area contributed by atoms with Crippen molar-refractivity contribution in [3.63, 3.8) is 0 Å². The predicted molar refractivity (Wildman–Crippen MR) is 81.5 cm³/mol. The lowest BCUT2D eigenvalue weighted by Crippen LogP contribution is -2.41. The summed E-state index contributed by atoms with van der Waals surface area (Å²) in [6, 6.07) is 6.58. The predicted octanol–water partition coefficient (Wildman–Crippen LogP) is 3.24. The maximum atomic E-state index is 9.95. The second-order valence-electron chi connectivity index (χ2n) is 5.23. The van der Waals surface area contributed by atoms with E-state index >= 15 is 0 Å². The molecule has 2 rings (SSSR count). The van der Waals surface area contributed by atoms with Gasteiger partial charge in [0.05, 0.1) is 6.10 Å². The quantitative estimate of drug-likeness (QED) is 0.842. The Morgan fingerprint density at radius 1 is 1.42 bits per heavy atom. The van der Waals surface area contributed by atoms with E-state index in [4.69, 9.17) is 5.11 Å². The Morgan fingerprint density at radius 3 is 2.68 bits per heavy atom. The summed E-state index contributed by atoms with van der Waals surface area (Å²) in [7, 11) is 0. The fraction of sp³-hybridized carbons (Fsp3) is 0.600. The van der Waals surface area contributed by atoms with Gasteiger partial charge in [0, 0.05) is 34.9 Å². The van der Waals surface area contributed by atoms with E-state index in [1.165, 1.54) is 19.3 Å². The van der Waals surface area contributed by atoms with Gasteiger partial charge < -0.3 is 15.1 Å². The second-order valence-corrected chi connectivity index (χ2v) is 6.15. The Balaban J connectivity index is 2.30. The van der Waals surface area contributed by atoms with Crippen molar-refractivity contribution in [1.29, 1.82) is 0 Å². The molecule has 1 aliphatic rings. The molecule has 1 unspecified atom stereocenters. The van der Waals surface area contributed by atoms with Crippen LogP contribution in [0.1, 0.15) is 44.3 Å². The molecule has 0 aromatic heterocycles. The number of benzene rings is 1. The minimum Gasteiger partial charge on any atom is -0.396 e. The van der Waals surface area contributed by atoms with Crippen LogP contribution in [-0.4, -0.2) is 29.4 Å². The molecule has 0 saturated heterocycles. The molecule has 106 valence electrons. The monoisotopic (exact) mass is 327 g/mol. The molecule has 0 bridgehead atoms. The van der Waals surface area contributed by atoms with Gasteiger partial charge in [-0.2, -0.15) is 0 Å². The molecule has 1 saturated carbocycles. The summed E-state index contributed by atoms with van der Waals surface area (Å²) in [5.74, 6) is 0. The van der Waals surface area contributed by atoms with Crippen LogP contribution in [0.3, 0.4) is 0 Å². The minimum atomic E-state index is -0.472. The number of anilines is 1. The van der Waals surface area contributed by atoms with Crippen molar-refractivity contribution in [2.24, 2.45) is 0 Å². The lowest BCUT2D eigenvalue weighted by atomic mass is 9.90. The first-order chi connectivity index (χ1) is 9.13. The molecular formula is C15H22BrNO2. The van der Waals surface area contributed by atoms with Gasteiger partial charge in [0.1, 0.15) is 0 Å². The molecule has 1 fully saturated rings. The Hall–Kier alpha value is -0.580. The third-order valence-corrected chi connectivity index (χ3v) is 4.32. The number of rotatable bonds is 6. The van der Waals surface area contributed by atoms with Crippen molar-refractivity contribution in [1.82, 2.24) is 0 Å². The van der Waals surface area contributed by atoms with E-state index in [0.29, 0.717) is 6.04 Å². The molecule has 3 nitrogen and oxygen atoms in total. The smallest absolute Gasteiger partial charge is 0.0782 e. The summed E-state index contributed by atoms with van der Waals surface area (Å²) < 4.78 is 1.03. The van der Waals surface area contributed by atoms with Crippen LogP contribution in [0.2, 0.25) is 0 Å². The standard InChI is InChI=1S/C15H22BrNO2/c1-11(19)14-7-6-12(16)10-15(14)17(8-3-9-18)13-4-2-5-13/h6-7,10-11,13,18-19H,2-5,8-9H2,1H3. The van der Waals surface area contributed by atoms with Gasteiger partial charge in [0.15, 0.2) is 0 Å². The zero-order valence-corrected chi connectivity index (χ0v) is 12.9. The highest BCUT2D eigenvalue weighted by Crippen LogP contribution is 2.35. The van der Waals surface area contributed by atoms with E-state index in [0.717, 1.165) is 28.7 Å². The molecule has 1 aliphatic carbocycles. The highest BCUT2D eigenvalue weighted by Gasteiger charge is 2.27. The van der Waals surface area contributed by atoms with Crippen LogP contribution < -0.4 is 4.90 Å². The molecule has 0 radical (unpaired) electrons. The third kappa shape index (κ3) is 3.50. The van der Waals surface area contributed by atoms with E-state index in [9.17, 15) is 5.11 Å². The molecule has 1 aromatic carbocycles. The molecule has 1 atom stereocenters. The largest absolute Gasteiger partial charge is 0.396 e. The van der Waals surface area contributed by atoms with E-state index in [1.54, 1.807) is 6.92 Å². The first kappa shape index (κ1) is 14.8. The van der Waals surface area contributed by atoms with Crippen LogP contribution in [0.25, 0.3) is 0 Å². The molecule has 4 heteroatoms. The molecule has 1 aromatic rings. The summed E-state index contributed by atoms with van der Waals surface area (Å²) in [6.07, 6.45) is 3.98. The van der Waals surface area contributed by atoms with Crippen LogP contribution in [0.15, 0.2) is 22.7 Å². The van der Waals surface area contributed by atoms with Crippen molar-refractivity contribution in [3.05, 3.63) is 28.2 Å². The Kier molecular flexibility index (Phi) is 5.25. The topological polar surface area (TPSA) is 43.7 Å². The Labute approximate surface area is 123 Å². The second kappa shape index (κ2) is 6.73. The van der Waals surface area contributed by atoms with Crippen LogP contribution >= 0.6 is 15.9 Å². The van der Waals surface area contributed by atoms with Crippen LogP contribution in [-0.2, 0) is 0 Å². The average Bonchev–Trinajstić information content (AvgIpc) is 2.31. The zero-order valence-electron chi connectivity index (χ0n) is 11.3. The molecule has 2 N–H and O–H groups in total. The Morgan fingerprint density at radius 2 is 2.16 bits per heavy atom. The number of hydrogen-bond donors (Lipinski definition) is 2. The molecule has 0 amide bonds. The van der Waals surface area contributed by atoms with Crippen molar-refractivity contribution < 1.29 is 10.2 Å². The molecule has 19 heavy (non-hydrogen) atoms. The average molecular weight is 328 g/mol. The zero-order chi connectivity index (χ0) is 13.8. The summed E-state index contributed by atoms with van der Waals surface area (Å²) in [4.78, 5) is 2.35. The van der Waals surface area contributed by atoms with Gasteiger partial charge in [-0.15, -0.1) is 0 Å². The van der Waals surface area contributed by atoms with Crippen molar-refractivity contribution in [3.8, 4) is 0 Å². The van der Waals surface area contributed by atoms with Gasteiger partial charge in [-0.3, -0.25) is 0 Å². The van der Waals surface area contributed by atoms with E-state index < -0.39 is 6.10 Å². The molecule has 0 aliphatic heterocycles. The number of nitrogens with zero attached hydrogens (tertiary/aromatic N) is 1. The number of halogens is 1. The Bertz CT molecular complexity index is 419. The molecular weight excluding hydrogens is 306 g/mol. The SMILES string of the molecule is CC(O)c1ccc(Br)cc1N(CCCO)C1CCC1. The lowest BCUT2D eigenvalue weighted by Gasteiger charge is -2.40. The highest BCUT2D eigenvalue weighted by molar-refractivity contribution is 9.10. The molecule has 0 spiro atoms. The molecule has 0 heterocycles. The van der Waals surface area contributed by atoms with Gasteiger partial charge in [-0.1, -0.05) is 22.0 Å². The number of hydrogen-bond acceptors (Lipinski definition) is 3. The first-order valence-corrected chi connectivity index (χ1v) is 7.77. The summed E-state index contributed by atoms with van der Waals surface area (Å²) in [6.45, 7) is 2.86. The van der Waals surface area contributed by atoms with Crippen molar-refractivity contribution in [2.75, 3.05) is 18.1 Å². The van der Waals surface area contributed by atoms with Gasteiger partial charge in [-0.25, -0.2) is 0 Å². The van der Waals surface area contributed by atoms with Crippen molar-refractivity contribution >= 4 is 21.6 Å². The van der Waals surface area contributed by atoms with Crippen LogP contribution in [0, 0.1) is 0 Å². The maximum absolute atomic E-state index is 9.95. The minimum absolute atomic E-state index is 0.210. The van der Waals surface area contributed by atoms with Gasteiger partial charge >= 0.3 is 0 Å². The summed E-state index contributed by atoms with van der Waals surface area (Å²) in [5.41, 5.74) is 2.07. The lowest BCUT2D eigenvalue weighted by molar-refractivity contribution is 0.199. The normalized spacial score (nSPS) is 17.1. The number of aliphatic hydroxyl groups is 2. The third-order valence-electron chi connectivity index (χ3n) is 3.82. The van der Waals surface area contributed by atoms with Gasteiger partial charge in [0.2, 0.25) is 0 Å². The van der Waals surface area contributed by atoms with Crippen LogP contribution in [0.5, 0.6) is 0 Å². The fourth-order valence-corrected chi connectivity index (χ4v) is 2.91. The number of aliphatic hydroxyl groups excluding tert-OH is 2. The van der Waals surface area contributed by atoms with E-state index in [1.807, 2.05) is 12.1 Å². The van der Waals surface area contributed by atoms with E-state index in [2.05, 4.69) is 26.9 Å². The van der Waals surface area contributed by atoms with Crippen molar-refractivity contribution in [2.45, 2.75) is 44.8 Å². The highest BCUT2D eigenvalue weighted by atomic mass is 79.9. The maximum Gasteiger partial charge on any atom is 0.0782 e. The van der Waals surface area contributed by atoms with Gasteiger partial charge in [0.25, 0.3) is 0 Å². The van der Waals surface area contributed by atoms with E-state index in [-0.39, 0.29) is 6.61 Å². The fourth-order valence-electron chi connectivity index (χ4n) is 2.56. The van der Waals surface area contributed by atoms with Crippen LogP contribution in [0.4, 0.5) is 5.69 Å².